The summed E-state index contributed by atoms with van der Waals surface area (Å²) in [6.45, 7) is 8.53. The number of rotatable bonds is 3. The highest BCUT2D eigenvalue weighted by Crippen LogP contribution is 2.33. The Morgan fingerprint density at radius 1 is 1.29 bits per heavy atom. The van der Waals surface area contributed by atoms with Gasteiger partial charge in [-0.15, -0.1) is 0 Å². The van der Waals surface area contributed by atoms with E-state index in [1.165, 1.54) is 24.9 Å². The number of likely N-dealkylation sites (tertiary alicyclic amines) is 1. The molecule has 4 heteroatoms. The third-order valence-corrected chi connectivity index (χ3v) is 4.69. The number of hydrogen-bond donors (Lipinski definition) is 1. The van der Waals surface area contributed by atoms with Crippen molar-refractivity contribution in [3.63, 3.8) is 0 Å². The molecule has 2 heterocycles. The maximum absolute atomic E-state index is 6.14. The molecule has 0 aliphatic carbocycles. The van der Waals surface area contributed by atoms with Crippen LogP contribution in [-0.2, 0) is 6.54 Å². The normalized spacial score (nSPS) is 26.6. The van der Waals surface area contributed by atoms with Crippen LogP contribution in [0.5, 0.6) is 0 Å². The van der Waals surface area contributed by atoms with E-state index in [-0.39, 0.29) is 5.54 Å². The SMILES string of the molecule is CC(C)N1C(N)=NCC12CCCN(Cc1ccccc1)C2. The van der Waals surface area contributed by atoms with Gasteiger partial charge in [0.1, 0.15) is 0 Å². The highest BCUT2D eigenvalue weighted by molar-refractivity contribution is 5.81. The molecule has 0 amide bonds. The van der Waals surface area contributed by atoms with E-state index in [1.807, 2.05) is 0 Å². The first-order chi connectivity index (χ1) is 10.1. The topological polar surface area (TPSA) is 44.9 Å². The van der Waals surface area contributed by atoms with Crippen LogP contribution in [0.25, 0.3) is 0 Å². The Kier molecular flexibility index (Phi) is 3.89. The summed E-state index contributed by atoms with van der Waals surface area (Å²) in [4.78, 5) is 9.46. The fourth-order valence-corrected chi connectivity index (χ4v) is 3.94. The van der Waals surface area contributed by atoms with Gasteiger partial charge in [0.25, 0.3) is 0 Å². The van der Waals surface area contributed by atoms with Gasteiger partial charge in [0, 0.05) is 19.1 Å². The predicted molar refractivity (Wildman–Crippen MR) is 87.1 cm³/mol. The zero-order chi connectivity index (χ0) is 14.9. The van der Waals surface area contributed by atoms with Gasteiger partial charge in [0.05, 0.1) is 12.1 Å². The summed E-state index contributed by atoms with van der Waals surface area (Å²) in [5.41, 5.74) is 7.64. The fraction of sp³-hybridized carbons (Fsp3) is 0.588. The smallest absolute Gasteiger partial charge is 0.192 e. The standard InChI is InChI=1S/C17H26N4/c1-14(2)21-16(18)19-12-17(21)9-6-10-20(13-17)11-15-7-4-3-5-8-15/h3-5,7-8,14H,6,9-13H2,1-2H3,(H2,18,19). The van der Waals surface area contributed by atoms with Gasteiger partial charge in [0.2, 0.25) is 0 Å². The molecule has 114 valence electrons. The van der Waals surface area contributed by atoms with E-state index in [0.717, 1.165) is 25.6 Å². The number of guanidine groups is 1. The van der Waals surface area contributed by atoms with E-state index in [2.05, 4.69) is 59.0 Å². The summed E-state index contributed by atoms with van der Waals surface area (Å²) in [6, 6.07) is 11.1. The van der Waals surface area contributed by atoms with Crippen LogP contribution >= 0.6 is 0 Å². The number of benzene rings is 1. The third-order valence-electron chi connectivity index (χ3n) is 4.69. The number of piperidine rings is 1. The summed E-state index contributed by atoms with van der Waals surface area (Å²) in [5, 5.41) is 0. The quantitative estimate of drug-likeness (QED) is 0.925. The van der Waals surface area contributed by atoms with E-state index in [0.29, 0.717) is 6.04 Å². The molecular formula is C17H26N4. The lowest BCUT2D eigenvalue weighted by molar-refractivity contribution is 0.0535. The van der Waals surface area contributed by atoms with E-state index in [1.54, 1.807) is 0 Å². The highest BCUT2D eigenvalue weighted by atomic mass is 15.4. The zero-order valence-electron chi connectivity index (χ0n) is 13.1. The maximum atomic E-state index is 6.14. The Labute approximate surface area is 127 Å². The van der Waals surface area contributed by atoms with Crippen molar-refractivity contribution in [2.45, 2.75) is 44.8 Å². The fourth-order valence-electron chi connectivity index (χ4n) is 3.94. The zero-order valence-corrected chi connectivity index (χ0v) is 13.1. The summed E-state index contributed by atoms with van der Waals surface area (Å²) >= 11 is 0. The first-order valence-electron chi connectivity index (χ1n) is 7.96. The van der Waals surface area contributed by atoms with Gasteiger partial charge in [-0.1, -0.05) is 30.3 Å². The van der Waals surface area contributed by atoms with Crippen LogP contribution < -0.4 is 5.73 Å². The third kappa shape index (κ3) is 2.77. The maximum Gasteiger partial charge on any atom is 0.192 e. The van der Waals surface area contributed by atoms with Crippen LogP contribution in [0.2, 0.25) is 0 Å². The molecule has 1 fully saturated rings. The van der Waals surface area contributed by atoms with Crippen molar-refractivity contribution < 1.29 is 0 Å². The van der Waals surface area contributed by atoms with Gasteiger partial charge in [0.15, 0.2) is 5.96 Å². The molecule has 0 radical (unpaired) electrons. The van der Waals surface area contributed by atoms with E-state index < -0.39 is 0 Å². The Morgan fingerprint density at radius 2 is 2.05 bits per heavy atom. The first-order valence-corrected chi connectivity index (χ1v) is 7.96. The monoisotopic (exact) mass is 286 g/mol. The number of aliphatic imine (C=N–C) groups is 1. The number of nitrogens with two attached hydrogens (primary N) is 1. The average Bonchev–Trinajstić information content (AvgIpc) is 2.76. The molecule has 1 unspecified atom stereocenters. The summed E-state index contributed by atoms with van der Waals surface area (Å²) in [5.74, 6) is 0.728. The van der Waals surface area contributed by atoms with Crippen LogP contribution in [0.4, 0.5) is 0 Å². The minimum absolute atomic E-state index is 0.116. The second kappa shape index (κ2) is 5.68. The largest absolute Gasteiger partial charge is 0.370 e. The predicted octanol–water partition coefficient (Wildman–Crippen LogP) is 2.06. The van der Waals surface area contributed by atoms with Crippen LogP contribution in [0, 0.1) is 0 Å². The Morgan fingerprint density at radius 3 is 2.76 bits per heavy atom. The van der Waals surface area contributed by atoms with Crippen molar-refractivity contribution in [1.82, 2.24) is 9.80 Å². The van der Waals surface area contributed by atoms with Gasteiger partial charge in [-0.2, -0.15) is 0 Å². The Hall–Kier alpha value is -1.55. The van der Waals surface area contributed by atoms with E-state index in [9.17, 15) is 0 Å². The summed E-state index contributed by atoms with van der Waals surface area (Å²) < 4.78 is 0. The Bertz CT molecular complexity index is 511. The lowest BCUT2D eigenvalue weighted by atomic mass is 9.87. The summed E-state index contributed by atoms with van der Waals surface area (Å²) in [6.07, 6.45) is 2.42. The molecule has 2 aliphatic heterocycles. The molecule has 1 aromatic rings. The van der Waals surface area contributed by atoms with E-state index >= 15 is 0 Å². The van der Waals surface area contributed by atoms with E-state index in [4.69, 9.17) is 5.73 Å². The first kappa shape index (κ1) is 14.4. The van der Waals surface area contributed by atoms with Gasteiger partial charge in [-0.3, -0.25) is 9.89 Å². The van der Waals surface area contributed by atoms with Crippen molar-refractivity contribution in [3.05, 3.63) is 35.9 Å². The molecule has 1 aromatic carbocycles. The van der Waals surface area contributed by atoms with Crippen molar-refractivity contribution in [2.24, 2.45) is 10.7 Å². The van der Waals surface area contributed by atoms with Gasteiger partial charge in [-0.25, -0.2) is 0 Å². The molecule has 1 spiro atoms. The van der Waals surface area contributed by atoms with Gasteiger partial charge >= 0.3 is 0 Å². The highest BCUT2D eigenvalue weighted by Gasteiger charge is 2.46. The Balaban J connectivity index is 1.74. The van der Waals surface area contributed by atoms with Crippen LogP contribution in [0.3, 0.4) is 0 Å². The molecule has 21 heavy (non-hydrogen) atoms. The van der Waals surface area contributed by atoms with Crippen molar-refractivity contribution >= 4 is 5.96 Å². The number of hydrogen-bond acceptors (Lipinski definition) is 4. The molecule has 0 bridgehead atoms. The number of nitrogens with zero attached hydrogens (tertiary/aromatic N) is 3. The molecule has 2 aliphatic rings. The van der Waals surface area contributed by atoms with Crippen molar-refractivity contribution in [3.8, 4) is 0 Å². The molecular weight excluding hydrogens is 260 g/mol. The second-order valence-corrected chi connectivity index (χ2v) is 6.66. The minimum atomic E-state index is 0.116. The van der Waals surface area contributed by atoms with Crippen molar-refractivity contribution in [1.29, 1.82) is 0 Å². The molecule has 0 saturated carbocycles. The molecule has 1 atom stereocenters. The van der Waals surface area contributed by atoms with Crippen LogP contribution in [-0.4, -0.2) is 47.0 Å². The van der Waals surface area contributed by atoms with Gasteiger partial charge < -0.3 is 10.6 Å². The average molecular weight is 286 g/mol. The van der Waals surface area contributed by atoms with Gasteiger partial charge in [-0.05, 0) is 38.8 Å². The van der Waals surface area contributed by atoms with Crippen molar-refractivity contribution in [2.75, 3.05) is 19.6 Å². The molecule has 3 rings (SSSR count). The molecule has 0 aromatic heterocycles. The van der Waals surface area contributed by atoms with Crippen LogP contribution in [0.15, 0.2) is 35.3 Å². The molecule has 2 N–H and O–H groups in total. The minimum Gasteiger partial charge on any atom is -0.370 e. The van der Waals surface area contributed by atoms with Crippen LogP contribution in [0.1, 0.15) is 32.3 Å². The lowest BCUT2D eigenvalue weighted by Crippen LogP contribution is -2.62. The lowest BCUT2D eigenvalue weighted by Gasteiger charge is -2.48. The summed E-state index contributed by atoms with van der Waals surface area (Å²) in [7, 11) is 0. The second-order valence-electron chi connectivity index (χ2n) is 6.66. The molecule has 4 nitrogen and oxygen atoms in total. The molecule has 1 saturated heterocycles.